The van der Waals surface area contributed by atoms with Gasteiger partial charge in [-0.3, -0.25) is 4.79 Å². The van der Waals surface area contributed by atoms with Gasteiger partial charge in [0, 0.05) is 20.0 Å². The number of fused-ring (bicyclic) bond motifs is 1. The second-order valence-electron chi connectivity index (χ2n) is 4.50. The third kappa shape index (κ3) is 1.90. The minimum absolute atomic E-state index is 0.0543. The van der Waals surface area contributed by atoms with Gasteiger partial charge in [0.15, 0.2) is 11.6 Å². The van der Waals surface area contributed by atoms with Crippen LogP contribution >= 0.6 is 0 Å². The fourth-order valence-corrected chi connectivity index (χ4v) is 2.29. The van der Waals surface area contributed by atoms with Crippen molar-refractivity contribution in [2.24, 2.45) is 0 Å². The Kier molecular flexibility index (Phi) is 2.63. The number of nitrogens with zero attached hydrogens (tertiary/aromatic N) is 2. The molecule has 0 unspecified atom stereocenters. The molecule has 4 heteroatoms. The van der Waals surface area contributed by atoms with Crippen molar-refractivity contribution in [3.05, 3.63) is 53.2 Å². The molecule has 2 aromatic rings. The van der Waals surface area contributed by atoms with E-state index >= 15 is 0 Å². The lowest BCUT2D eigenvalue weighted by atomic mass is 10.00. The molecule has 1 aliphatic rings. The summed E-state index contributed by atoms with van der Waals surface area (Å²) in [6, 6.07) is 8.24. The summed E-state index contributed by atoms with van der Waals surface area (Å²) in [4.78, 5) is 18.1. The van der Waals surface area contributed by atoms with E-state index in [1.54, 1.807) is 6.92 Å². The monoisotopic (exact) mass is 242 g/mol. The summed E-state index contributed by atoms with van der Waals surface area (Å²) in [5, 5.41) is 0. The number of hydrogen-bond donors (Lipinski definition) is 0. The van der Waals surface area contributed by atoms with Crippen molar-refractivity contribution >= 4 is 5.91 Å². The van der Waals surface area contributed by atoms with Crippen LogP contribution in [0.3, 0.4) is 0 Å². The van der Waals surface area contributed by atoms with Gasteiger partial charge in [-0.1, -0.05) is 24.3 Å². The molecule has 0 bridgehead atoms. The van der Waals surface area contributed by atoms with Gasteiger partial charge in [0.1, 0.15) is 6.26 Å². The molecule has 92 valence electrons. The zero-order valence-corrected chi connectivity index (χ0v) is 10.2. The van der Waals surface area contributed by atoms with E-state index in [1.807, 2.05) is 17.0 Å². The highest BCUT2D eigenvalue weighted by Crippen LogP contribution is 2.20. The largest absolute Gasteiger partial charge is 0.448 e. The van der Waals surface area contributed by atoms with E-state index in [0.29, 0.717) is 18.1 Å². The Bertz CT molecular complexity index is 589. The van der Waals surface area contributed by atoms with Crippen molar-refractivity contribution in [3.63, 3.8) is 0 Å². The second kappa shape index (κ2) is 4.29. The molecule has 0 saturated heterocycles. The van der Waals surface area contributed by atoms with Crippen molar-refractivity contribution in [3.8, 4) is 0 Å². The number of carbonyl (C=O) groups is 1. The lowest BCUT2D eigenvalue weighted by Crippen LogP contribution is -2.36. The molecule has 0 fully saturated rings. The maximum Gasteiger partial charge on any atom is 0.276 e. The van der Waals surface area contributed by atoms with Crippen LogP contribution in [0.4, 0.5) is 0 Å². The second-order valence-corrected chi connectivity index (χ2v) is 4.50. The average Bonchev–Trinajstić information content (AvgIpc) is 2.84. The van der Waals surface area contributed by atoms with Crippen LogP contribution in [0.25, 0.3) is 0 Å². The number of aryl methyl sites for hydroxylation is 1. The van der Waals surface area contributed by atoms with Gasteiger partial charge in [0.05, 0.1) is 0 Å². The molecule has 0 aliphatic carbocycles. The van der Waals surface area contributed by atoms with Crippen molar-refractivity contribution < 1.29 is 9.21 Å². The van der Waals surface area contributed by atoms with Gasteiger partial charge in [-0.25, -0.2) is 4.98 Å². The summed E-state index contributed by atoms with van der Waals surface area (Å²) in [6.07, 6.45) is 2.33. The van der Waals surface area contributed by atoms with E-state index in [4.69, 9.17) is 4.42 Å². The molecule has 3 rings (SSSR count). The molecule has 0 radical (unpaired) electrons. The van der Waals surface area contributed by atoms with Crippen LogP contribution < -0.4 is 0 Å². The molecule has 1 aliphatic heterocycles. The van der Waals surface area contributed by atoms with E-state index in [9.17, 15) is 4.79 Å². The molecule has 0 N–H and O–H groups in total. The third-order valence-corrected chi connectivity index (χ3v) is 3.26. The van der Waals surface area contributed by atoms with Gasteiger partial charge in [-0.15, -0.1) is 0 Å². The van der Waals surface area contributed by atoms with Crippen molar-refractivity contribution in [1.29, 1.82) is 0 Å². The quantitative estimate of drug-likeness (QED) is 0.770. The van der Waals surface area contributed by atoms with Crippen LogP contribution in [0.15, 0.2) is 34.9 Å². The number of carbonyl (C=O) groups excluding carboxylic acids is 1. The van der Waals surface area contributed by atoms with Crippen LogP contribution in [0.2, 0.25) is 0 Å². The Morgan fingerprint density at radius 3 is 2.83 bits per heavy atom. The first-order valence-electron chi connectivity index (χ1n) is 6.02. The van der Waals surface area contributed by atoms with Crippen LogP contribution in [0.1, 0.15) is 27.5 Å². The smallest absolute Gasteiger partial charge is 0.276 e. The van der Waals surface area contributed by atoms with Gasteiger partial charge < -0.3 is 9.32 Å². The van der Waals surface area contributed by atoms with Crippen LogP contribution in [0.5, 0.6) is 0 Å². The summed E-state index contributed by atoms with van der Waals surface area (Å²) < 4.78 is 5.09. The highest BCUT2D eigenvalue weighted by Gasteiger charge is 2.23. The number of aromatic nitrogens is 1. The van der Waals surface area contributed by atoms with Gasteiger partial charge in [0.2, 0.25) is 0 Å². The molecule has 4 nitrogen and oxygen atoms in total. The molecule has 0 atom stereocenters. The lowest BCUT2D eigenvalue weighted by molar-refractivity contribution is 0.0728. The number of rotatable bonds is 1. The summed E-state index contributed by atoms with van der Waals surface area (Å²) in [7, 11) is 0. The Hall–Kier alpha value is -2.10. The Balaban J connectivity index is 1.82. The zero-order valence-electron chi connectivity index (χ0n) is 10.2. The summed E-state index contributed by atoms with van der Waals surface area (Å²) in [6.45, 7) is 3.13. The number of benzene rings is 1. The fraction of sp³-hybridized carbons (Fsp3) is 0.286. The van der Waals surface area contributed by atoms with Gasteiger partial charge in [-0.2, -0.15) is 0 Å². The Labute approximate surface area is 105 Å². The average molecular weight is 242 g/mol. The topological polar surface area (TPSA) is 46.3 Å². The SMILES string of the molecule is Cc1nc(C(=O)N2CCc3ccccc3C2)co1. The first-order valence-corrected chi connectivity index (χ1v) is 6.02. The predicted molar refractivity (Wildman–Crippen MR) is 66.1 cm³/mol. The molecule has 1 amide bonds. The van der Waals surface area contributed by atoms with Crippen LogP contribution in [-0.4, -0.2) is 22.3 Å². The predicted octanol–water partition coefficient (Wildman–Crippen LogP) is 2.18. The fourth-order valence-electron chi connectivity index (χ4n) is 2.29. The zero-order chi connectivity index (χ0) is 12.5. The number of amides is 1. The number of hydrogen-bond acceptors (Lipinski definition) is 3. The van der Waals surface area contributed by atoms with Gasteiger partial charge in [-0.05, 0) is 17.5 Å². The maximum absolute atomic E-state index is 12.2. The molecule has 1 aromatic heterocycles. The molecule has 0 saturated carbocycles. The molecule has 1 aromatic carbocycles. The van der Waals surface area contributed by atoms with Crippen LogP contribution in [0, 0.1) is 6.92 Å². The lowest BCUT2D eigenvalue weighted by Gasteiger charge is -2.28. The normalized spacial score (nSPS) is 14.4. The van der Waals surface area contributed by atoms with E-state index in [0.717, 1.165) is 13.0 Å². The van der Waals surface area contributed by atoms with Crippen molar-refractivity contribution in [2.45, 2.75) is 19.9 Å². The molecule has 0 spiro atoms. The van der Waals surface area contributed by atoms with Crippen molar-refractivity contribution in [1.82, 2.24) is 9.88 Å². The van der Waals surface area contributed by atoms with E-state index < -0.39 is 0 Å². The first-order chi connectivity index (χ1) is 8.74. The highest BCUT2D eigenvalue weighted by atomic mass is 16.3. The Morgan fingerprint density at radius 2 is 2.11 bits per heavy atom. The minimum Gasteiger partial charge on any atom is -0.448 e. The summed E-state index contributed by atoms with van der Waals surface area (Å²) >= 11 is 0. The molecular weight excluding hydrogens is 228 g/mol. The van der Waals surface area contributed by atoms with E-state index in [1.165, 1.54) is 17.4 Å². The summed E-state index contributed by atoms with van der Waals surface area (Å²) in [5.74, 6) is 0.470. The molecule has 18 heavy (non-hydrogen) atoms. The van der Waals surface area contributed by atoms with E-state index in [2.05, 4.69) is 17.1 Å². The standard InChI is InChI=1S/C14H14N2O2/c1-10-15-13(9-18-10)14(17)16-7-6-11-4-2-3-5-12(11)8-16/h2-5,9H,6-8H2,1H3. The third-order valence-electron chi connectivity index (χ3n) is 3.26. The van der Waals surface area contributed by atoms with Gasteiger partial charge >= 0.3 is 0 Å². The highest BCUT2D eigenvalue weighted by molar-refractivity contribution is 5.92. The summed E-state index contributed by atoms with van der Waals surface area (Å²) in [5.41, 5.74) is 2.95. The van der Waals surface area contributed by atoms with E-state index in [-0.39, 0.29) is 5.91 Å². The van der Waals surface area contributed by atoms with Crippen LogP contribution in [-0.2, 0) is 13.0 Å². The van der Waals surface area contributed by atoms with Crippen molar-refractivity contribution in [2.75, 3.05) is 6.54 Å². The van der Waals surface area contributed by atoms with Gasteiger partial charge in [0.25, 0.3) is 5.91 Å². The maximum atomic E-state index is 12.2. The Morgan fingerprint density at radius 1 is 1.33 bits per heavy atom. The number of oxazole rings is 1. The molecular formula is C14H14N2O2. The molecule has 2 heterocycles. The first kappa shape index (κ1) is 11.0. The minimum atomic E-state index is -0.0543.